The fourth-order valence-corrected chi connectivity index (χ4v) is 1.35. The summed E-state index contributed by atoms with van der Waals surface area (Å²) < 4.78 is 5.49. The van der Waals surface area contributed by atoms with Crippen molar-refractivity contribution < 1.29 is 9.52 Å². The second-order valence-corrected chi connectivity index (χ2v) is 3.06. The van der Waals surface area contributed by atoms with Crippen LogP contribution in [0.5, 0.6) is 0 Å². The zero-order valence-electron chi connectivity index (χ0n) is 9.18. The number of hydrogen-bond donors (Lipinski definition) is 3. The summed E-state index contributed by atoms with van der Waals surface area (Å²) in [6.45, 7) is 0.409. The van der Waals surface area contributed by atoms with Gasteiger partial charge in [0, 0.05) is 18.4 Å². The SMILES string of the molecule is CO.NCc1ccc(-c2ccccc2N)o1. The normalized spacial score (nSPS) is 9.44. The zero-order chi connectivity index (χ0) is 12.0. The molecule has 1 heterocycles. The Bertz CT molecular complexity index is 438. The van der Waals surface area contributed by atoms with E-state index in [4.69, 9.17) is 21.0 Å². The van der Waals surface area contributed by atoms with Crippen LogP contribution in [-0.4, -0.2) is 12.2 Å². The van der Waals surface area contributed by atoms with E-state index in [0.717, 1.165) is 24.2 Å². The van der Waals surface area contributed by atoms with Crippen molar-refractivity contribution in [2.24, 2.45) is 5.73 Å². The number of aliphatic hydroxyl groups excluding tert-OH is 1. The first-order valence-corrected chi connectivity index (χ1v) is 4.89. The monoisotopic (exact) mass is 220 g/mol. The Labute approximate surface area is 94.5 Å². The van der Waals surface area contributed by atoms with E-state index < -0.39 is 0 Å². The first-order valence-electron chi connectivity index (χ1n) is 4.89. The molecule has 4 nitrogen and oxygen atoms in total. The summed E-state index contributed by atoms with van der Waals surface area (Å²) >= 11 is 0. The van der Waals surface area contributed by atoms with Crippen LogP contribution in [0.15, 0.2) is 40.8 Å². The van der Waals surface area contributed by atoms with Crippen molar-refractivity contribution in [3.05, 3.63) is 42.2 Å². The zero-order valence-corrected chi connectivity index (χ0v) is 9.18. The Balaban J connectivity index is 0.000000606. The minimum Gasteiger partial charge on any atom is -0.460 e. The third kappa shape index (κ3) is 2.62. The van der Waals surface area contributed by atoms with E-state index in [9.17, 15) is 0 Å². The first kappa shape index (κ1) is 12.3. The molecule has 2 rings (SSSR count). The van der Waals surface area contributed by atoms with E-state index in [2.05, 4.69) is 0 Å². The molecule has 0 bridgehead atoms. The van der Waals surface area contributed by atoms with Crippen LogP contribution in [0.2, 0.25) is 0 Å². The molecule has 0 aliphatic carbocycles. The minimum atomic E-state index is 0.409. The number of hydrogen-bond acceptors (Lipinski definition) is 4. The molecule has 1 aromatic carbocycles. The smallest absolute Gasteiger partial charge is 0.136 e. The lowest BCUT2D eigenvalue weighted by atomic mass is 10.1. The number of furan rings is 1. The van der Waals surface area contributed by atoms with E-state index in [0.29, 0.717) is 12.2 Å². The van der Waals surface area contributed by atoms with Gasteiger partial charge in [-0.05, 0) is 24.3 Å². The predicted octanol–water partition coefficient (Wildman–Crippen LogP) is 1.60. The fourth-order valence-electron chi connectivity index (χ4n) is 1.35. The van der Waals surface area contributed by atoms with Crippen molar-refractivity contribution in [3.63, 3.8) is 0 Å². The summed E-state index contributed by atoms with van der Waals surface area (Å²) in [5, 5.41) is 7.00. The van der Waals surface area contributed by atoms with Crippen molar-refractivity contribution in [3.8, 4) is 11.3 Å². The van der Waals surface area contributed by atoms with Crippen LogP contribution in [0, 0.1) is 0 Å². The van der Waals surface area contributed by atoms with Gasteiger partial charge >= 0.3 is 0 Å². The third-order valence-electron chi connectivity index (χ3n) is 2.09. The van der Waals surface area contributed by atoms with Crippen LogP contribution in [-0.2, 0) is 6.54 Å². The molecule has 0 unspecified atom stereocenters. The van der Waals surface area contributed by atoms with Crippen molar-refractivity contribution in [1.82, 2.24) is 0 Å². The van der Waals surface area contributed by atoms with Gasteiger partial charge in [-0.25, -0.2) is 0 Å². The molecule has 0 aliphatic heterocycles. The second kappa shape index (κ2) is 5.95. The van der Waals surface area contributed by atoms with Crippen LogP contribution in [0.1, 0.15) is 5.76 Å². The van der Waals surface area contributed by atoms with Gasteiger partial charge in [0.15, 0.2) is 0 Å². The van der Waals surface area contributed by atoms with Crippen molar-refractivity contribution in [2.45, 2.75) is 6.54 Å². The lowest BCUT2D eigenvalue weighted by Crippen LogP contribution is -1.92. The average molecular weight is 220 g/mol. The van der Waals surface area contributed by atoms with Crippen LogP contribution >= 0.6 is 0 Å². The van der Waals surface area contributed by atoms with Crippen molar-refractivity contribution in [2.75, 3.05) is 12.8 Å². The van der Waals surface area contributed by atoms with Crippen LogP contribution in [0.4, 0.5) is 5.69 Å². The van der Waals surface area contributed by atoms with Crippen LogP contribution in [0.25, 0.3) is 11.3 Å². The van der Waals surface area contributed by atoms with E-state index in [1.807, 2.05) is 36.4 Å². The van der Waals surface area contributed by atoms with Gasteiger partial charge in [0.1, 0.15) is 11.5 Å². The van der Waals surface area contributed by atoms with Gasteiger partial charge in [-0.3, -0.25) is 0 Å². The fraction of sp³-hybridized carbons (Fsp3) is 0.167. The largest absolute Gasteiger partial charge is 0.460 e. The first-order chi connectivity index (χ1) is 7.81. The van der Waals surface area contributed by atoms with Gasteiger partial charge in [-0.15, -0.1) is 0 Å². The highest BCUT2D eigenvalue weighted by molar-refractivity contribution is 5.72. The molecule has 0 saturated carbocycles. The Hall–Kier alpha value is -1.78. The second-order valence-electron chi connectivity index (χ2n) is 3.06. The Morgan fingerprint density at radius 1 is 1.12 bits per heavy atom. The van der Waals surface area contributed by atoms with E-state index in [1.54, 1.807) is 0 Å². The number of para-hydroxylation sites is 1. The molecule has 0 fully saturated rings. The Kier molecular flexibility index (Phi) is 4.57. The van der Waals surface area contributed by atoms with Crippen molar-refractivity contribution in [1.29, 1.82) is 0 Å². The summed E-state index contributed by atoms with van der Waals surface area (Å²) in [5.41, 5.74) is 12.9. The van der Waals surface area contributed by atoms with Gasteiger partial charge in [-0.2, -0.15) is 0 Å². The summed E-state index contributed by atoms with van der Waals surface area (Å²) in [4.78, 5) is 0. The van der Waals surface area contributed by atoms with E-state index in [1.165, 1.54) is 0 Å². The molecule has 1 aromatic heterocycles. The highest BCUT2D eigenvalue weighted by atomic mass is 16.3. The van der Waals surface area contributed by atoms with Gasteiger partial charge in [0.2, 0.25) is 0 Å². The van der Waals surface area contributed by atoms with E-state index >= 15 is 0 Å². The number of nitrogen functional groups attached to an aromatic ring is 1. The summed E-state index contributed by atoms with van der Waals surface area (Å²) in [5.74, 6) is 1.53. The molecule has 2 aromatic rings. The van der Waals surface area contributed by atoms with Gasteiger partial charge in [0.25, 0.3) is 0 Å². The molecule has 0 aliphatic rings. The molecule has 0 spiro atoms. The minimum absolute atomic E-state index is 0.409. The third-order valence-corrected chi connectivity index (χ3v) is 2.09. The molecule has 0 radical (unpaired) electrons. The highest BCUT2D eigenvalue weighted by Gasteiger charge is 2.05. The van der Waals surface area contributed by atoms with E-state index in [-0.39, 0.29) is 0 Å². The number of benzene rings is 1. The Morgan fingerprint density at radius 2 is 1.81 bits per heavy atom. The Morgan fingerprint density at radius 3 is 2.38 bits per heavy atom. The number of aliphatic hydroxyl groups is 1. The van der Waals surface area contributed by atoms with Gasteiger partial charge < -0.3 is 21.0 Å². The van der Waals surface area contributed by atoms with Crippen molar-refractivity contribution >= 4 is 5.69 Å². The molecular weight excluding hydrogens is 204 g/mol. The predicted molar refractivity (Wildman–Crippen MR) is 64.6 cm³/mol. The summed E-state index contributed by atoms with van der Waals surface area (Å²) in [6, 6.07) is 11.3. The summed E-state index contributed by atoms with van der Waals surface area (Å²) in [7, 11) is 1.00. The topological polar surface area (TPSA) is 85.4 Å². The highest BCUT2D eigenvalue weighted by Crippen LogP contribution is 2.26. The quantitative estimate of drug-likeness (QED) is 0.671. The molecule has 0 saturated heterocycles. The lowest BCUT2D eigenvalue weighted by Gasteiger charge is -2.00. The maximum Gasteiger partial charge on any atom is 0.136 e. The standard InChI is InChI=1S/C11H12N2O.CH4O/c12-7-8-5-6-11(14-8)9-3-1-2-4-10(9)13;1-2/h1-6H,7,12-13H2;2H,1H3. The maximum absolute atomic E-state index is 7.00. The molecule has 4 heteroatoms. The number of anilines is 1. The molecule has 0 amide bonds. The molecule has 86 valence electrons. The number of nitrogens with two attached hydrogens (primary N) is 2. The molecule has 16 heavy (non-hydrogen) atoms. The van der Waals surface area contributed by atoms with Gasteiger partial charge in [-0.1, -0.05) is 12.1 Å². The molecule has 0 atom stereocenters. The maximum atomic E-state index is 7.00. The lowest BCUT2D eigenvalue weighted by molar-refractivity contribution is 0.399. The molecule has 5 N–H and O–H groups in total. The average Bonchev–Trinajstić information content (AvgIpc) is 2.81. The van der Waals surface area contributed by atoms with Crippen LogP contribution in [0.3, 0.4) is 0 Å². The molecular formula is C12H16N2O2. The van der Waals surface area contributed by atoms with Gasteiger partial charge in [0.05, 0.1) is 6.54 Å². The number of rotatable bonds is 2. The summed E-state index contributed by atoms with van der Waals surface area (Å²) in [6.07, 6.45) is 0. The van der Waals surface area contributed by atoms with Crippen LogP contribution < -0.4 is 11.5 Å².